The highest BCUT2D eigenvalue weighted by Crippen LogP contribution is 2.28. The van der Waals surface area contributed by atoms with E-state index in [0.717, 1.165) is 32.7 Å². The number of nitrogens with zero attached hydrogens (tertiary/aromatic N) is 3. The molecule has 1 aliphatic rings. The molecule has 2 aromatic heterocycles. The van der Waals surface area contributed by atoms with Crippen LogP contribution in [0, 0.1) is 20.8 Å². The van der Waals surface area contributed by atoms with Crippen LogP contribution in [0.2, 0.25) is 0 Å². The molecule has 0 fully saturated rings. The predicted octanol–water partition coefficient (Wildman–Crippen LogP) is 3.48. The molecule has 7 heteroatoms. The van der Waals surface area contributed by atoms with Gasteiger partial charge < -0.3 is 5.32 Å². The minimum absolute atomic E-state index is 0.0266. The Hall–Kier alpha value is -3.87. The number of aromatic nitrogens is 2. The number of amides is 3. The molecule has 31 heavy (non-hydrogen) atoms. The van der Waals surface area contributed by atoms with Crippen molar-refractivity contribution in [3.63, 3.8) is 0 Å². The number of pyridine rings is 2. The molecule has 0 aliphatic carbocycles. The minimum atomic E-state index is -0.382. The lowest BCUT2D eigenvalue weighted by atomic mass is 9.97. The molecule has 0 unspecified atom stereocenters. The van der Waals surface area contributed by atoms with Crippen molar-refractivity contribution in [2.45, 2.75) is 27.2 Å². The molecule has 0 saturated heterocycles. The first-order chi connectivity index (χ1) is 14.7. The minimum Gasteiger partial charge on any atom is -0.310 e. The summed E-state index contributed by atoms with van der Waals surface area (Å²) in [4.78, 5) is 47.1. The van der Waals surface area contributed by atoms with E-state index in [0.29, 0.717) is 22.5 Å². The Balaban J connectivity index is 1.56. The molecule has 1 aromatic carbocycles. The summed E-state index contributed by atoms with van der Waals surface area (Å²) in [5, 5.41) is 2.79. The number of imide groups is 1. The average molecular weight is 414 g/mol. The molecule has 0 atom stereocenters. The number of benzene rings is 1. The van der Waals surface area contributed by atoms with E-state index in [-0.39, 0.29) is 24.1 Å². The van der Waals surface area contributed by atoms with Crippen LogP contribution in [-0.2, 0) is 11.2 Å². The van der Waals surface area contributed by atoms with Gasteiger partial charge >= 0.3 is 0 Å². The zero-order valence-corrected chi connectivity index (χ0v) is 17.8. The van der Waals surface area contributed by atoms with E-state index >= 15 is 0 Å². The van der Waals surface area contributed by atoms with Crippen LogP contribution in [0.15, 0.2) is 42.9 Å². The molecule has 1 aliphatic heterocycles. The molecular formula is C24H22N4O3. The van der Waals surface area contributed by atoms with Gasteiger partial charge in [0, 0.05) is 36.8 Å². The highest BCUT2D eigenvalue weighted by atomic mass is 16.2. The van der Waals surface area contributed by atoms with Gasteiger partial charge in [0.25, 0.3) is 11.8 Å². The van der Waals surface area contributed by atoms with Gasteiger partial charge in [-0.25, -0.2) is 4.98 Å². The van der Waals surface area contributed by atoms with E-state index in [1.54, 1.807) is 36.8 Å². The summed E-state index contributed by atoms with van der Waals surface area (Å²) in [7, 11) is 1.45. The Kier molecular flexibility index (Phi) is 5.10. The van der Waals surface area contributed by atoms with Crippen molar-refractivity contribution in [2.24, 2.45) is 0 Å². The lowest BCUT2D eigenvalue weighted by Crippen LogP contribution is -2.24. The van der Waals surface area contributed by atoms with Crippen molar-refractivity contribution in [3.8, 4) is 11.1 Å². The Morgan fingerprint density at radius 1 is 0.935 bits per heavy atom. The normalized spacial score (nSPS) is 12.8. The topological polar surface area (TPSA) is 92.3 Å². The number of anilines is 1. The highest BCUT2D eigenvalue weighted by molar-refractivity contribution is 6.22. The SMILES string of the molecule is Cc1cncc(-c2cnc(NC(=O)Cc3cc(C)cc4c3C(=O)N(C)C4=O)cc2C)c1. The fourth-order valence-electron chi connectivity index (χ4n) is 3.85. The van der Waals surface area contributed by atoms with Crippen molar-refractivity contribution in [2.75, 3.05) is 12.4 Å². The lowest BCUT2D eigenvalue weighted by molar-refractivity contribution is -0.115. The van der Waals surface area contributed by atoms with E-state index in [4.69, 9.17) is 0 Å². The number of hydrogen-bond donors (Lipinski definition) is 1. The quantitative estimate of drug-likeness (QED) is 0.660. The first kappa shape index (κ1) is 20.4. The summed E-state index contributed by atoms with van der Waals surface area (Å²) in [5.74, 6) is -0.605. The summed E-state index contributed by atoms with van der Waals surface area (Å²) in [5.41, 5.74) is 5.93. The molecule has 0 radical (unpaired) electrons. The second-order valence-corrected chi connectivity index (χ2v) is 7.88. The van der Waals surface area contributed by atoms with Crippen molar-refractivity contribution < 1.29 is 14.4 Å². The molecule has 7 nitrogen and oxygen atoms in total. The van der Waals surface area contributed by atoms with Crippen LogP contribution in [0.4, 0.5) is 5.82 Å². The van der Waals surface area contributed by atoms with E-state index < -0.39 is 0 Å². The first-order valence-corrected chi connectivity index (χ1v) is 9.89. The Morgan fingerprint density at radius 2 is 1.71 bits per heavy atom. The number of rotatable bonds is 4. The van der Waals surface area contributed by atoms with Crippen LogP contribution in [-0.4, -0.2) is 39.6 Å². The van der Waals surface area contributed by atoms with E-state index in [2.05, 4.69) is 15.3 Å². The highest BCUT2D eigenvalue weighted by Gasteiger charge is 2.35. The molecular weight excluding hydrogens is 392 g/mol. The molecule has 3 heterocycles. The smallest absolute Gasteiger partial charge is 0.261 e. The van der Waals surface area contributed by atoms with Gasteiger partial charge in [-0.2, -0.15) is 0 Å². The van der Waals surface area contributed by atoms with Gasteiger partial charge in [0.15, 0.2) is 0 Å². The van der Waals surface area contributed by atoms with Crippen molar-refractivity contribution in [1.29, 1.82) is 0 Å². The maximum atomic E-state index is 12.7. The molecule has 3 aromatic rings. The third-order valence-electron chi connectivity index (χ3n) is 5.33. The van der Waals surface area contributed by atoms with Gasteiger partial charge in [0.05, 0.1) is 17.5 Å². The van der Waals surface area contributed by atoms with Crippen LogP contribution >= 0.6 is 0 Å². The molecule has 156 valence electrons. The number of carbonyl (C=O) groups is 3. The number of hydrogen-bond acceptors (Lipinski definition) is 5. The van der Waals surface area contributed by atoms with Gasteiger partial charge in [0.2, 0.25) is 5.91 Å². The van der Waals surface area contributed by atoms with Gasteiger partial charge in [-0.3, -0.25) is 24.3 Å². The summed E-state index contributed by atoms with van der Waals surface area (Å²) >= 11 is 0. The Labute approximate surface area is 180 Å². The van der Waals surface area contributed by atoms with Crippen LogP contribution in [0.25, 0.3) is 11.1 Å². The van der Waals surface area contributed by atoms with Crippen LogP contribution in [0.1, 0.15) is 43.0 Å². The fraction of sp³-hybridized carbons (Fsp3) is 0.208. The van der Waals surface area contributed by atoms with E-state index in [9.17, 15) is 14.4 Å². The van der Waals surface area contributed by atoms with Crippen molar-refractivity contribution in [3.05, 3.63) is 76.2 Å². The van der Waals surface area contributed by atoms with Gasteiger partial charge in [-0.05, 0) is 61.2 Å². The fourth-order valence-corrected chi connectivity index (χ4v) is 3.85. The molecule has 0 bridgehead atoms. The molecule has 0 spiro atoms. The Morgan fingerprint density at radius 3 is 2.42 bits per heavy atom. The largest absolute Gasteiger partial charge is 0.310 e. The first-order valence-electron chi connectivity index (χ1n) is 9.89. The van der Waals surface area contributed by atoms with Crippen molar-refractivity contribution >= 4 is 23.5 Å². The summed E-state index contributed by atoms with van der Waals surface area (Å²) in [6.45, 7) is 5.76. The molecule has 4 rings (SSSR count). The third-order valence-corrected chi connectivity index (χ3v) is 5.33. The van der Waals surface area contributed by atoms with E-state index in [1.165, 1.54) is 7.05 Å². The zero-order valence-electron chi connectivity index (χ0n) is 17.8. The van der Waals surface area contributed by atoms with Crippen LogP contribution in [0.5, 0.6) is 0 Å². The maximum Gasteiger partial charge on any atom is 0.261 e. The summed E-state index contributed by atoms with van der Waals surface area (Å²) in [6, 6.07) is 7.29. The monoisotopic (exact) mass is 414 g/mol. The second kappa shape index (κ2) is 7.75. The number of carbonyl (C=O) groups excluding carboxylic acids is 3. The molecule has 1 N–H and O–H groups in total. The molecule has 3 amide bonds. The van der Waals surface area contributed by atoms with Gasteiger partial charge in [0.1, 0.15) is 5.82 Å². The van der Waals surface area contributed by atoms with Crippen LogP contribution in [0.3, 0.4) is 0 Å². The zero-order chi connectivity index (χ0) is 22.3. The van der Waals surface area contributed by atoms with Crippen LogP contribution < -0.4 is 5.32 Å². The summed E-state index contributed by atoms with van der Waals surface area (Å²) < 4.78 is 0. The number of aryl methyl sites for hydroxylation is 3. The van der Waals surface area contributed by atoms with Crippen molar-refractivity contribution in [1.82, 2.24) is 14.9 Å². The Bertz CT molecular complexity index is 1250. The standard InChI is InChI=1S/C24H22N4O3/c1-13-5-16(22-18(7-13)23(30)28(4)24(22)31)9-21(29)27-20-8-15(3)19(12-26-20)17-6-14(2)10-25-11-17/h5-8,10-12H,9H2,1-4H3,(H,26,27,29). The van der Waals surface area contributed by atoms with Gasteiger partial charge in [-0.15, -0.1) is 0 Å². The summed E-state index contributed by atoms with van der Waals surface area (Å²) in [6.07, 6.45) is 5.26. The average Bonchev–Trinajstić information content (AvgIpc) is 2.92. The number of fused-ring (bicyclic) bond motifs is 1. The second-order valence-electron chi connectivity index (χ2n) is 7.88. The number of nitrogens with one attached hydrogen (secondary N) is 1. The van der Waals surface area contributed by atoms with Gasteiger partial charge in [-0.1, -0.05) is 6.07 Å². The molecule has 0 saturated carbocycles. The third kappa shape index (κ3) is 3.82. The maximum absolute atomic E-state index is 12.7. The van der Waals surface area contributed by atoms with E-state index in [1.807, 2.05) is 26.8 Å². The predicted molar refractivity (Wildman–Crippen MR) is 117 cm³/mol. The lowest BCUT2D eigenvalue weighted by Gasteiger charge is -2.11.